The van der Waals surface area contributed by atoms with E-state index in [1.165, 1.54) is 10.5 Å². The van der Waals surface area contributed by atoms with Gasteiger partial charge in [-0.25, -0.2) is 9.29 Å². The molecule has 2 aliphatic carbocycles. The van der Waals surface area contributed by atoms with Gasteiger partial charge in [-0.1, -0.05) is 24.3 Å². The number of likely N-dealkylation sites (N-methyl/N-ethyl adjacent to an activating group) is 1. The van der Waals surface area contributed by atoms with Crippen molar-refractivity contribution in [3.8, 4) is 0 Å². The quantitative estimate of drug-likeness (QED) is 0.128. The van der Waals surface area contributed by atoms with Gasteiger partial charge in [-0.2, -0.15) is 4.98 Å². The Bertz CT molecular complexity index is 2070. The Labute approximate surface area is 364 Å². The Morgan fingerprint density at radius 3 is 2.51 bits per heavy atom. The number of likely N-dealkylation sites (tertiary alicyclic amines) is 1. The average Bonchev–Trinajstić information content (AvgIpc) is 4.05. The summed E-state index contributed by atoms with van der Waals surface area (Å²) in [5.41, 5.74) is 4.54. The second-order valence-corrected chi connectivity index (χ2v) is 18.9. The van der Waals surface area contributed by atoms with Crippen LogP contribution in [-0.4, -0.2) is 120 Å². The number of carbonyl (C=O) groups excluding carboxylic acids is 4. The van der Waals surface area contributed by atoms with Gasteiger partial charge >= 0.3 is 0 Å². The standard InChI is InChI=1S/C46H61N9O5S/c1-47-41(59)14-13-35(29-56)52(3)40-12-6-11-38(42(40)51(2)30-57)32-15-21-53(22-16-32)28-31-7-4-10-37(25-31)61-54-23-17-33(18-24-54)49-45-48-27-39-43(50-45)55(44(60)46(39)19-20-46)34-8-5-9-36(58)26-34/h4,6-7,10-12,25,27,29-30,32-36,58H,5,8-9,13-24,26,28H2,1-3H3,(H,47,59)(H,48,49,50)/t34?,35?,36-/m1/s1. The summed E-state index contributed by atoms with van der Waals surface area (Å²) in [5, 5.41) is 16.6. The largest absolute Gasteiger partial charge is 0.393 e. The molecule has 2 aromatic carbocycles. The van der Waals surface area contributed by atoms with E-state index in [4.69, 9.17) is 9.97 Å². The number of aliphatic hydroxyl groups is 1. The highest BCUT2D eigenvalue weighted by molar-refractivity contribution is 7.97. The lowest BCUT2D eigenvalue weighted by Crippen LogP contribution is -2.44. The minimum absolute atomic E-state index is 0.00377. The van der Waals surface area contributed by atoms with Gasteiger partial charge in [-0.15, -0.1) is 0 Å². The van der Waals surface area contributed by atoms with Crippen molar-refractivity contribution in [2.24, 2.45) is 0 Å². The second kappa shape index (κ2) is 18.8. The summed E-state index contributed by atoms with van der Waals surface area (Å²) < 4.78 is 2.44. The number of piperidine rings is 2. The van der Waals surface area contributed by atoms with Crippen molar-refractivity contribution in [3.63, 3.8) is 0 Å². The second-order valence-electron chi connectivity index (χ2n) is 17.8. The Morgan fingerprint density at radius 1 is 1.03 bits per heavy atom. The van der Waals surface area contributed by atoms with E-state index in [0.717, 1.165) is 132 Å². The molecule has 61 heavy (non-hydrogen) atoms. The number of anilines is 4. The molecule has 5 aliphatic rings. The van der Waals surface area contributed by atoms with Gasteiger partial charge in [0.25, 0.3) is 0 Å². The summed E-state index contributed by atoms with van der Waals surface area (Å²) in [6.07, 6.45) is 12.6. The average molecular weight is 852 g/mol. The van der Waals surface area contributed by atoms with Crippen LogP contribution in [0, 0.1) is 0 Å². The molecule has 4 heterocycles. The zero-order valence-corrected chi connectivity index (χ0v) is 36.6. The van der Waals surface area contributed by atoms with E-state index < -0.39 is 11.5 Å². The molecule has 3 amide bonds. The fraction of sp³-hybridized carbons (Fsp3) is 0.565. The Morgan fingerprint density at radius 2 is 1.80 bits per heavy atom. The molecule has 326 valence electrons. The van der Waals surface area contributed by atoms with Crippen LogP contribution in [0.1, 0.15) is 99.7 Å². The van der Waals surface area contributed by atoms with Crippen molar-refractivity contribution >= 4 is 59.6 Å². The number of aromatic nitrogens is 2. The van der Waals surface area contributed by atoms with Crippen LogP contribution >= 0.6 is 11.9 Å². The summed E-state index contributed by atoms with van der Waals surface area (Å²) in [7, 11) is 5.21. The van der Waals surface area contributed by atoms with Crippen LogP contribution in [0.3, 0.4) is 0 Å². The fourth-order valence-electron chi connectivity index (χ4n) is 10.0. The van der Waals surface area contributed by atoms with Crippen molar-refractivity contribution in [2.75, 3.05) is 67.3 Å². The zero-order chi connectivity index (χ0) is 42.7. The van der Waals surface area contributed by atoms with Gasteiger partial charge < -0.3 is 30.3 Å². The number of aliphatic hydroxyl groups excluding tert-OH is 1. The number of nitrogens with zero attached hydrogens (tertiary/aromatic N) is 7. The number of nitrogens with one attached hydrogen (secondary N) is 2. The minimum atomic E-state index is -0.498. The van der Waals surface area contributed by atoms with Crippen molar-refractivity contribution in [1.29, 1.82) is 0 Å². The summed E-state index contributed by atoms with van der Waals surface area (Å²) >= 11 is 1.82. The highest BCUT2D eigenvalue weighted by atomic mass is 32.2. The number of para-hydroxylation sites is 1. The molecule has 3 N–H and O–H groups in total. The molecule has 0 bridgehead atoms. The van der Waals surface area contributed by atoms with Crippen LogP contribution in [-0.2, 0) is 31.1 Å². The number of hydrogen-bond donors (Lipinski definition) is 3. The van der Waals surface area contributed by atoms with Crippen molar-refractivity contribution in [1.82, 2.24) is 24.5 Å². The van der Waals surface area contributed by atoms with Crippen LogP contribution in [0.25, 0.3) is 0 Å². The summed E-state index contributed by atoms with van der Waals surface area (Å²) in [6, 6.07) is 14.7. The first kappa shape index (κ1) is 43.1. The molecule has 3 aromatic rings. The Hall–Kier alpha value is -4.57. The first-order chi connectivity index (χ1) is 29.6. The Kier molecular flexibility index (Phi) is 13.3. The molecule has 2 saturated heterocycles. The first-order valence-electron chi connectivity index (χ1n) is 22.2. The third-order valence-corrected chi connectivity index (χ3v) is 14.9. The number of rotatable bonds is 16. The predicted octanol–water partition coefficient (Wildman–Crippen LogP) is 5.24. The summed E-state index contributed by atoms with van der Waals surface area (Å²) in [4.78, 5) is 68.7. The molecule has 8 rings (SSSR count). The van der Waals surface area contributed by atoms with E-state index in [1.54, 1.807) is 19.0 Å². The van der Waals surface area contributed by atoms with E-state index in [9.17, 15) is 24.3 Å². The van der Waals surface area contributed by atoms with Gasteiger partial charge in [0.15, 0.2) is 0 Å². The minimum Gasteiger partial charge on any atom is -0.393 e. The maximum absolute atomic E-state index is 13.7. The molecule has 2 unspecified atom stereocenters. The highest BCUT2D eigenvalue weighted by Gasteiger charge is 2.61. The van der Waals surface area contributed by atoms with Gasteiger partial charge in [-0.05, 0) is 131 Å². The van der Waals surface area contributed by atoms with E-state index in [-0.39, 0.29) is 42.3 Å². The smallest absolute Gasteiger partial charge is 0.239 e. The van der Waals surface area contributed by atoms with Crippen LogP contribution in [0.4, 0.5) is 23.1 Å². The SMILES string of the molecule is CNC(=O)CCC(C=O)N(C)c1cccc(C2CCN(Cc3cccc(SN4CCC(Nc5ncc6c(n5)N(C5CCC[C@@H](O)C5)C(=O)C65CC5)CC4)c3)CC2)c1N(C)C=O. The topological polar surface area (TPSA) is 155 Å². The molecule has 1 aromatic heterocycles. The third-order valence-electron chi connectivity index (χ3n) is 13.8. The van der Waals surface area contributed by atoms with E-state index in [0.29, 0.717) is 18.8 Å². The summed E-state index contributed by atoms with van der Waals surface area (Å²) in [6.45, 7) is 4.60. The number of aldehydes is 1. The number of fused-ring (bicyclic) bond motifs is 2. The molecular formula is C46H61N9O5S. The van der Waals surface area contributed by atoms with Gasteiger partial charge in [0, 0.05) is 75.9 Å². The monoisotopic (exact) mass is 851 g/mol. The lowest BCUT2D eigenvalue weighted by atomic mass is 9.87. The molecular weight excluding hydrogens is 791 g/mol. The molecule has 3 atom stereocenters. The summed E-state index contributed by atoms with van der Waals surface area (Å²) in [5.74, 6) is 1.64. The van der Waals surface area contributed by atoms with Crippen molar-refractivity contribution in [2.45, 2.75) is 124 Å². The lowest BCUT2D eigenvalue weighted by Gasteiger charge is -2.36. The first-order valence-corrected chi connectivity index (χ1v) is 23.0. The van der Waals surface area contributed by atoms with E-state index in [2.05, 4.69) is 50.2 Å². The van der Waals surface area contributed by atoms with E-state index >= 15 is 0 Å². The normalized spacial score (nSPS) is 22.4. The van der Waals surface area contributed by atoms with Gasteiger partial charge in [0.2, 0.25) is 24.2 Å². The Balaban J connectivity index is 0.835. The molecule has 1 spiro atoms. The number of benzene rings is 2. The number of hydrogen-bond acceptors (Lipinski definition) is 12. The molecule has 4 fully saturated rings. The van der Waals surface area contributed by atoms with Gasteiger partial charge in [0.05, 0.1) is 28.9 Å². The highest BCUT2D eigenvalue weighted by Crippen LogP contribution is 2.57. The molecule has 0 radical (unpaired) electrons. The van der Waals surface area contributed by atoms with Crippen LogP contribution < -0.4 is 25.3 Å². The fourth-order valence-corrected chi connectivity index (χ4v) is 11.1. The predicted molar refractivity (Wildman–Crippen MR) is 239 cm³/mol. The molecule has 2 saturated carbocycles. The van der Waals surface area contributed by atoms with Gasteiger partial charge in [-0.3, -0.25) is 24.2 Å². The maximum Gasteiger partial charge on any atom is 0.239 e. The molecule has 14 nitrogen and oxygen atoms in total. The van der Waals surface area contributed by atoms with Crippen LogP contribution in [0.5, 0.6) is 0 Å². The van der Waals surface area contributed by atoms with Crippen LogP contribution in [0.15, 0.2) is 53.6 Å². The maximum atomic E-state index is 13.7. The van der Waals surface area contributed by atoms with Crippen molar-refractivity contribution < 1.29 is 24.3 Å². The van der Waals surface area contributed by atoms with Crippen molar-refractivity contribution in [3.05, 3.63) is 65.4 Å². The number of amides is 3. The van der Waals surface area contributed by atoms with Gasteiger partial charge in [0.1, 0.15) is 12.1 Å². The third kappa shape index (κ3) is 9.30. The zero-order valence-electron chi connectivity index (χ0n) is 35.8. The molecule has 3 aliphatic heterocycles. The van der Waals surface area contributed by atoms with E-state index in [1.807, 2.05) is 47.1 Å². The molecule has 15 heteroatoms. The van der Waals surface area contributed by atoms with Crippen LogP contribution in [0.2, 0.25) is 0 Å². The lowest BCUT2D eigenvalue weighted by molar-refractivity contribution is -0.121. The number of carbonyl (C=O) groups is 4.